The lowest BCUT2D eigenvalue weighted by Crippen LogP contribution is -2.64. The third-order valence-corrected chi connectivity index (χ3v) is 16.2. The van der Waals surface area contributed by atoms with Gasteiger partial charge in [0.25, 0.3) is 0 Å². The van der Waals surface area contributed by atoms with Crippen LogP contribution in [0.1, 0.15) is 5.56 Å². The zero-order valence-electron chi connectivity index (χ0n) is 32.8. The zero-order valence-corrected chi connectivity index (χ0v) is 33.8. The third kappa shape index (κ3) is 6.50. The molecule has 59 heavy (non-hydrogen) atoms. The molecule has 0 spiro atoms. The number of benzene rings is 7. The number of allylic oxidation sites excluding steroid dienone is 4. The molecule has 10 rings (SSSR count). The van der Waals surface area contributed by atoms with Gasteiger partial charge in [0.1, 0.15) is 14.4 Å². The molecule has 1 aliphatic heterocycles. The van der Waals surface area contributed by atoms with Gasteiger partial charge in [0.2, 0.25) is 0 Å². The molecule has 0 saturated carbocycles. The van der Waals surface area contributed by atoms with E-state index in [1.54, 1.807) is 6.33 Å². The highest BCUT2D eigenvalue weighted by Gasteiger charge is 2.34. The Morgan fingerprint density at radius 3 is 1.68 bits per heavy atom. The number of anilines is 2. The fourth-order valence-electron chi connectivity index (χ4n) is 8.57. The molecule has 0 aliphatic carbocycles. The van der Waals surface area contributed by atoms with Crippen LogP contribution in [0, 0.1) is 0 Å². The maximum Gasteiger partial charge on any atom is 0.163 e. The van der Waals surface area contributed by atoms with Gasteiger partial charge in [-0.05, 0) is 75.7 Å². The minimum Gasteiger partial charge on any atom is -0.337 e. The quantitative estimate of drug-likeness (QED) is 0.119. The molecule has 0 fully saturated rings. The van der Waals surface area contributed by atoms with Crippen molar-refractivity contribution in [2.45, 2.75) is 6.55 Å². The van der Waals surface area contributed by atoms with Crippen LogP contribution in [0.4, 0.5) is 11.4 Å². The average molecular weight is 776 g/mol. The van der Waals surface area contributed by atoms with E-state index in [4.69, 9.17) is 4.98 Å². The molecule has 7 aromatic carbocycles. The fraction of sp³-hybridized carbons (Fsp3) is 0.0377. The number of hydrogen-bond donors (Lipinski definition) is 0. The lowest BCUT2D eigenvalue weighted by atomic mass is 10.0. The van der Waals surface area contributed by atoms with Crippen LogP contribution >= 0.6 is 0 Å². The van der Waals surface area contributed by atoms with Crippen molar-refractivity contribution >= 4 is 62.4 Å². The van der Waals surface area contributed by atoms with Crippen LogP contribution in [0.3, 0.4) is 0 Å². The van der Waals surface area contributed by atoms with Crippen molar-refractivity contribution in [3.8, 4) is 28.5 Å². The van der Waals surface area contributed by atoms with Crippen molar-refractivity contribution in [1.29, 1.82) is 0 Å². The molecule has 5 nitrogen and oxygen atoms in total. The van der Waals surface area contributed by atoms with Crippen molar-refractivity contribution in [1.82, 2.24) is 19.5 Å². The van der Waals surface area contributed by atoms with Gasteiger partial charge in [0.15, 0.2) is 11.6 Å². The Balaban J connectivity index is 0.964. The second-order valence-electron chi connectivity index (χ2n) is 15.1. The van der Waals surface area contributed by atoms with Crippen LogP contribution in [0.2, 0.25) is 6.55 Å². The van der Waals surface area contributed by atoms with Gasteiger partial charge in [-0.15, -0.1) is 0 Å². The summed E-state index contributed by atoms with van der Waals surface area (Å²) in [6.45, 7) is 7.65. The molecule has 1 aliphatic rings. The van der Waals surface area contributed by atoms with E-state index in [0.29, 0.717) is 18.2 Å². The maximum absolute atomic E-state index is 4.97. The van der Waals surface area contributed by atoms with Crippen molar-refractivity contribution in [2.75, 3.05) is 11.4 Å². The minimum atomic E-state index is -2.23. The third-order valence-electron chi connectivity index (χ3n) is 11.7. The molecule has 2 aromatic heterocycles. The second kappa shape index (κ2) is 15.2. The molecule has 0 bridgehead atoms. The van der Waals surface area contributed by atoms with Gasteiger partial charge in [0.05, 0.1) is 11.0 Å². The standard InChI is InChI=1S/C53H41N5Si/c1-38-16-6-5-15-35-57(49-34-31-42(36-48(38)49)58-50-23-13-11-21-46(50)47-22-12-14-24-51(47)58)41-29-25-39(26-30-41)52-54-37-55-53(56-52)40-27-32-45(33-28-40)59(2,43-17-7-3-8-18-43)44-19-9-4-10-20-44/h3-34,36-37H,1,35H2,2H3/b15-5-,16-6-. The highest BCUT2D eigenvalue weighted by atomic mass is 28.3. The summed E-state index contributed by atoms with van der Waals surface area (Å²) in [5, 5.41) is 6.57. The van der Waals surface area contributed by atoms with Gasteiger partial charge in [-0.3, -0.25) is 0 Å². The summed E-state index contributed by atoms with van der Waals surface area (Å²) in [7, 11) is -2.23. The number of rotatable bonds is 7. The molecule has 0 N–H and O–H groups in total. The summed E-state index contributed by atoms with van der Waals surface area (Å²) < 4.78 is 2.36. The predicted molar refractivity (Wildman–Crippen MR) is 249 cm³/mol. The molecule has 282 valence electrons. The SMILES string of the molecule is C=C1/C=C\C=C/CN(c2ccc(-c3ncnc(-c4ccc([Si](C)(c5ccccc5)c5ccccc5)cc4)n3)cc2)c2ccc(-n3c4ccccc4c4ccccc43)cc21. The van der Waals surface area contributed by atoms with Crippen molar-refractivity contribution in [3.05, 3.63) is 219 Å². The van der Waals surface area contributed by atoms with Crippen LogP contribution in [-0.2, 0) is 0 Å². The second-order valence-corrected chi connectivity index (χ2v) is 19.1. The predicted octanol–water partition coefficient (Wildman–Crippen LogP) is 10.7. The van der Waals surface area contributed by atoms with E-state index in [2.05, 4.69) is 233 Å². The Morgan fingerprint density at radius 2 is 1.07 bits per heavy atom. The topological polar surface area (TPSA) is 46.8 Å². The largest absolute Gasteiger partial charge is 0.337 e. The van der Waals surface area contributed by atoms with Crippen LogP contribution < -0.4 is 20.5 Å². The van der Waals surface area contributed by atoms with E-state index in [0.717, 1.165) is 39.3 Å². The molecular weight excluding hydrogens is 735 g/mol. The van der Waals surface area contributed by atoms with Gasteiger partial charge < -0.3 is 9.47 Å². The van der Waals surface area contributed by atoms with Gasteiger partial charge >= 0.3 is 0 Å². The van der Waals surface area contributed by atoms with E-state index in [-0.39, 0.29) is 0 Å². The van der Waals surface area contributed by atoms with E-state index in [1.165, 1.54) is 37.4 Å². The van der Waals surface area contributed by atoms with E-state index >= 15 is 0 Å². The Bertz CT molecular complexity index is 2950. The zero-order chi connectivity index (χ0) is 39.8. The number of hydrogen-bond acceptors (Lipinski definition) is 4. The maximum atomic E-state index is 4.97. The van der Waals surface area contributed by atoms with Crippen molar-refractivity contribution in [2.24, 2.45) is 0 Å². The van der Waals surface area contributed by atoms with Gasteiger partial charge in [-0.2, -0.15) is 0 Å². The lowest BCUT2D eigenvalue weighted by Gasteiger charge is -2.29. The van der Waals surface area contributed by atoms with E-state index in [9.17, 15) is 0 Å². The van der Waals surface area contributed by atoms with Gasteiger partial charge in [0, 0.05) is 51.1 Å². The Hall–Kier alpha value is -7.41. The first-order valence-corrected chi connectivity index (χ1v) is 22.5. The van der Waals surface area contributed by atoms with Crippen molar-refractivity contribution in [3.63, 3.8) is 0 Å². The molecule has 6 heteroatoms. The van der Waals surface area contributed by atoms with Crippen LogP contribution in [-0.4, -0.2) is 34.1 Å². The Morgan fingerprint density at radius 1 is 0.542 bits per heavy atom. The molecular formula is C53H41N5Si. The first kappa shape index (κ1) is 36.0. The number of fused-ring (bicyclic) bond motifs is 4. The normalized spacial score (nSPS) is 14.1. The summed E-state index contributed by atoms with van der Waals surface area (Å²) in [6.07, 6.45) is 10.1. The Kier molecular flexibility index (Phi) is 9.24. The molecule has 9 aromatic rings. The summed E-state index contributed by atoms with van der Waals surface area (Å²) in [5.41, 5.74) is 9.53. The summed E-state index contributed by atoms with van der Waals surface area (Å²) in [6, 6.07) is 63.1. The van der Waals surface area contributed by atoms with Crippen LogP contribution in [0.25, 0.3) is 55.8 Å². The van der Waals surface area contributed by atoms with E-state index < -0.39 is 8.07 Å². The number of aromatic nitrogens is 4. The molecule has 0 saturated heterocycles. The summed E-state index contributed by atoms with van der Waals surface area (Å²) in [4.78, 5) is 16.5. The van der Waals surface area contributed by atoms with Crippen LogP contribution in [0.5, 0.6) is 0 Å². The Labute approximate surface area is 345 Å². The van der Waals surface area contributed by atoms with Gasteiger partial charge in [-0.25, -0.2) is 15.0 Å². The van der Waals surface area contributed by atoms with E-state index in [1.807, 2.05) is 0 Å². The first-order chi connectivity index (χ1) is 29.1. The minimum absolute atomic E-state index is 0.636. The highest BCUT2D eigenvalue weighted by Crippen LogP contribution is 2.38. The highest BCUT2D eigenvalue weighted by molar-refractivity contribution is 7.10. The van der Waals surface area contributed by atoms with Crippen LogP contribution in [0.15, 0.2) is 213 Å². The number of nitrogens with zero attached hydrogens (tertiary/aromatic N) is 5. The molecule has 0 radical (unpaired) electrons. The monoisotopic (exact) mass is 775 g/mol. The fourth-order valence-corrected chi connectivity index (χ4v) is 12.1. The summed E-state index contributed by atoms with van der Waals surface area (Å²) in [5.74, 6) is 1.29. The number of para-hydroxylation sites is 2. The first-order valence-electron chi connectivity index (χ1n) is 20.0. The van der Waals surface area contributed by atoms with Gasteiger partial charge in [-0.1, -0.05) is 159 Å². The molecule has 0 amide bonds. The van der Waals surface area contributed by atoms with Crippen molar-refractivity contribution < 1.29 is 0 Å². The molecule has 0 atom stereocenters. The lowest BCUT2D eigenvalue weighted by molar-refractivity contribution is 1.06. The average Bonchev–Trinajstić information content (AvgIpc) is 3.68. The smallest absolute Gasteiger partial charge is 0.163 e. The molecule has 0 unspecified atom stereocenters. The summed E-state index contributed by atoms with van der Waals surface area (Å²) >= 11 is 0. The molecule has 3 heterocycles.